The van der Waals surface area contributed by atoms with E-state index in [1.165, 1.54) is 12.1 Å². The number of aromatic nitrogens is 1. The maximum Gasteiger partial charge on any atom is 0.305 e. The van der Waals surface area contributed by atoms with Gasteiger partial charge in [-0.2, -0.15) is 0 Å². The molecule has 0 bridgehead atoms. The largest absolute Gasteiger partial charge is 0.481 e. The molecule has 6 nitrogen and oxygen atoms in total. The van der Waals surface area contributed by atoms with Gasteiger partial charge in [0.05, 0.1) is 29.9 Å². The second-order valence-corrected chi connectivity index (χ2v) is 10.2. The van der Waals surface area contributed by atoms with Crippen molar-refractivity contribution in [3.8, 4) is 22.7 Å². The lowest BCUT2D eigenvalue weighted by atomic mass is 9.93. The molecule has 1 unspecified atom stereocenters. The number of aliphatic hydroxyl groups is 1. The number of pyridine rings is 1. The van der Waals surface area contributed by atoms with E-state index in [1.807, 2.05) is 19.9 Å². The Hall–Kier alpha value is -2.52. The molecule has 164 valence electrons. The smallest absolute Gasteiger partial charge is 0.305 e. The van der Waals surface area contributed by atoms with Crippen molar-refractivity contribution in [2.45, 2.75) is 51.0 Å². The number of nitrogens with zero attached hydrogens (tertiary/aromatic N) is 1. The van der Waals surface area contributed by atoms with E-state index >= 15 is 0 Å². The van der Waals surface area contributed by atoms with E-state index in [0.29, 0.717) is 22.7 Å². The van der Waals surface area contributed by atoms with Crippen LogP contribution in [-0.2, 0) is 9.36 Å². The summed E-state index contributed by atoms with van der Waals surface area (Å²) in [6.07, 6.45) is -0.651. The molecule has 0 amide bonds. The number of rotatable bonds is 7. The molecule has 1 aliphatic carbocycles. The van der Waals surface area contributed by atoms with Gasteiger partial charge < -0.3 is 15.1 Å². The maximum atomic E-state index is 13.5. The molecule has 3 N–H and O–H groups in total. The van der Waals surface area contributed by atoms with Gasteiger partial charge in [-0.05, 0) is 48.2 Å². The molecule has 2 atom stereocenters. The van der Waals surface area contributed by atoms with Crippen molar-refractivity contribution in [3.05, 3.63) is 53.1 Å². The van der Waals surface area contributed by atoms with Crippen LogP contribution in [0.25, 0.3) is 11.1 Å². The van der Waals surface area contributed by atoms with Gasteiger partial charge in [-0.25, -0.2) is 4.39 Å². The zero-order valence-corrected chi connectivity index (χ0v) is 18.3. The Morgan fingerprint density at radius 3 is 2.48 bits per heavy atom. The third-order valence-corrected chi connectivity index (χ3v) is 6.37. The topological polar surface area (TPSA) is 108 Å². The number of hydrogen-bond donors (Lipinski definition) is 3. The standard InChI is InChI=1S/C23H25FNO5P/c1-14(2)23-19(9-10-31(29,30)13-18(26)11-22(27)28)20(12-21(25-23)16-3-4-16)15-5-7-17(24)8-6-15/h5-8,12,14,16,18,26H,3-4,11,13H2,1-2H3,(H,27,28)(H,29,30)/t18-/m0/s1. The lowest BCUT2D eigenvalue weighted by molar-refractivity contribution is -0.138. The van der Waals surface area contributed by atoms with Gasteiger partial charge in [0.1, 0.15) is 5.82 Å². The summed E-state index contributed by atoms with van der Waals surface area (Å²) in [5, 5.41) is 18.5. The van der Waals surface area contributed by atoms with Crippen molar-refractivity contribution in [2.24, 2.45) is 0 Å². The van der Waals surface area contributed by atoms with Gasteiger partial charge >= 0.3 is 5.97 Å². The van der Waals surface area contributed by atoms with E-state index in [-0.39, 0.29) is 11.7 Å². The fourth-order valence-corrected chi connectivity index (χ4v) is 4.40. The Kier molecular flexibility index (Phi) is 6.96. The van der Waals surface area contributed by atoms with Gasteiger partial charge in [0, 0.05) is 17.2 Å². The Bertz CT molecular complexity index is 1080. The first kappa shape index (κ1) is 23.1. The molecule has 1 heterocycles. The van der Waals surface area contributed by atoms with Gasteiger partial charge in [-0.1, -0.05) is 31.9 Å². The van der Waals surface area contributed by atoms with E-state index in [9.17, 15) is 23.7 Å². The number of aliphatic carboxylic acids is 1. The van der Waals surface area contributed by atoms with Crippen LogP contribution in [0.4, 0.5) is 4.39 Å². The summed E-state index contributed by atoms with van der Waals surface area (Å²) >= 11 is 0. The normalized spacial score (nSPS) is 16.3. The minimum atomic E-state index is -4.12. The van der Waals surface area contributed by atoms with Crippen molar-refractivity contribution < 1.29 is 28.9 Å². The number of aliphatic hydroxyl groups excluding tert-OH is 1. The Labute approximate surface area is 180 Å². The number of benzene rings is 1. The van der Waals surface area contributed by atoms with Gasteiger partial charge in [-0.3, -0.25) is 14.3 Å². The summed E-state index contributed by atoms with van der Waals surface area (Å²) in [5.74, 6) is 1.50. The molecule has 1 aromatic carbocycles. The van der Waals surface area contributed by atoms with E-state index in [4.69, 9.17) is 10.1 Å². The van der Waals surface area contributed by atoms with Gasteiger partial charge in [0.15, 0.2) is 0 Å². The minimum Gasteiger partial charge on any atom is -0.481 e. The van der Waals surface area contributed by atoms with Crippen LogP contribution in [0.2, 0.25) is 0 Å². The molecule has 3 rings (SSSR count). The SMILES string of the molecule is CC(C)c1nc(C2CC2)cc(-c2ccc(F)cc2)c1C#CP(=O)(O)C[C@@H](O)CC(=O)O. The molecule has 1 fully saturated rings. The molecule has 0 aliphatic heterocycles. The fraction of sp³-hybridized carbons (Fsp3) is 0.391. The van der Waals surface area contributed by atoms with Crippen molar-refractivity contribution in [2.75, 3.05) is 6.16 Å². The maximum absolute atomic E-state index is 13.5. The quantitative estimate of drug-likeness (QED) is 0.433. The van der Waals surface area contributed by atoms with Gasteiger partial charge in [-0.15, -0.1) is 0 Å². The van der Waals surface area contributed by atoms with Crippen LogP contribution in [0.1, 0.15) is 61.9 Å². The summed E-state index contributed by atoms with van der Waals surface area (Å²) in [4.78, 5) is 25.7. The number of hydrogen-bond acceptors (Lipinski definition) is 4. The lowest BCUT2D eigenvalue weighted by Crippen LogP contribution is -2.17. The number of carboxylic acids is 1. The Morgan fingerprint density at radius 2 is 1.94 bits per heavy atom. The molecule has 1 saturated carbocycles. The summed E-state index contributed by atoms with van der Waals surface area (Å²) in [6, 6.07) is 7.86. The van der Waals surface area contributed by atoms with E-state index in [2.05, 4.69) is 11.6 Å². The molecule has 1 aromatic heterocycles. The highest BCUT2D eigenvalue weighted by molar-refractivity contribution is 7.63. The molecular formula is C23H25FNO5P. The fourth-order valence-electron chi connectivity index (χ4n) is 3.32. The third-order valence-electron chi connectivity index (χ3n) is 4.99. The number of carboxylic acid groups (broad SMARTS) is 1. The van der Waals surface area contributed by atoms with Crippen LogP contribution in [0.5, 0.6) is 0 Å². The summed E-state index contributed by atoms with van der Waals surface area (Å²) < 4.78 is 26.0. The van der Waals surface area contributed by atoms with Gasteiger partial charge in [0.25, 0.3) is 7.37 Å². The summed E-state index contributed by atoms with van der Waals surface area (Å²) in [5.41, 5.74) is 5.87. The van der Waals surface area contributed by atoms with Crippen LogP contribution >= 0.6 is 7.37 Å². The monoisotopic (exact) mass is 445 g/mol. The second kappa shape index (κ2) is 9.32. The molecule has 0 spiro atoms. The first-order valence-electron chi connectivity index (χ1n) is 10.1. The van der Waals surface area contributed by atoms with Crippen molar-refractivity contribution in [3.63, 3.8) is 0 Å². The van der Waals surface area contributed by atoms with Crippen molar-refractivity contribution >= 4 is 13.3 Å². The van der Waals surface area contributed by atoms with E-state index in [1.54, 1.807) is 12.1 Å². The number of halogens is 1. The van der Waals surface area contributed by atoms with Crippen molar-refractivity contribution in [1.82, 2.24) is 4.98 Å². The highest BCUT2D eigenvalue weighted by Gasteiger charge is 2.28. The summed E-state index contributed by atoms with van der Waals surface area (Å²) in [6.45, 7) is 3.90. The Balaban J connectivity index is 2.08. The third kappa shape index (κ3) is 6.24. The van der Waals surface area contributed by atoms with Crippen LogP contribution in [-0.4, -0.2) is 38.3 Å². The highest BCUT2D eigenvalue weighted by atomic mass is 31.2. The Morgan fingerprint density at radius 1 is 1.29 bits per heavy atom. The van der Waals surface area contributed by atoms with Crippen LogP contribution in [0.3, 0.4) is 0 Å². The van der Waals surface area contributed by atoms with Crippen LogP contribution < -0.4 is 0 Å². The number of carbonyl (C=O) groups is 1. The first-order chi connectivity index (χ1) is 14.6. The van der Waals surface area contributed by atoms with E-state index < -0.39 is 32.0 Å². The zero-order valence-electron chi connectivity index (χ0n) is 17.4. The highest BCUT2D eigenvalue weighted by Crippen LogP contribution is 2.43. The van der Waals surface area contributed by atoms with Crippen LogP contribution in [0, 0.1) is 17.4 Å². The first-order valence-corrected chi connectivity index (χ1v) is 12.0. The zero-order chi connectivity index (χ0) is 22.8. The average Bonchev–Trinajstić information content (AvgIpc) is 3.50. The molecular weight excluding hydrogens is 420 g/mol. The predicted octanol–water partition coefficient (Wildman–Crippen LogP) is 4.30. The van der Waals surface area contributed by atoms with E-state index in [0.717, 1.165) is 24.1 Å². The van der Waals surface area contributed by atoms with Crippen LogP contribution in [0.15, 0.2) is 30.3 Å². The molecule has 2 aromatic rings. The average molecular weight is 445 g/mol. The molecule has 1 aliphatic rings. The van der Waals surface area contributed by atoms with Crippen molar-refractivity contribution in [1.29, 1.82) is 0 Å². The molecule has 0 saturated heterocycles. The molecule has 8 heteroatoms. The molecule has 0 radical (unpaired) electrons. The predicted molar refractivity (Wildman–Crippen MR) is 116 cm³/mol. The summed E-state index contributed by atoms with van der Waals surface area (Å²) in [7, 11) is -4.12. The second-order valence-electron chi connectivity index (χ2n) is 8.16. The lowest BCUT2D eigenvalue weighted by Gasteiger charge is -2.16. The minimum absolute atomic E-state index is 0.0159. The van der Waals surface area contributed by atoms with Gasteiger partial charge in [0.2, 0.25) is 0 Å². The molecule has 31 heavy (non-hydrogen) atoms.